The van der Waals surface area contributed by atoms with Crippen molar-refractivity contribution in [3.8, 4) is 0 Å². The zero-order valence-corrected chi connectivity index (χ0v) is 6.14. The van der Waals surface area contributed by atoms with Crippen LogP contribution in [0.4, 0.5) is 0 Å². The summed E-state index contributed by atoms with van der Waals surface area (Å²) in [5.74, 6) is 0. The predicted molar refractivity (Wildman–Crippen MR) is 38.0 cm³/mol. The van der Waals surface area contributed by atoms with Crippen LogP contribution in [-0.4, -0.2) is 16.8 Å². The Hall–Kier alpha value is -0.0800. The molecule has 9 heavy (non-hydrogen) atoms. The molecule has 1 N–H and O–H groups in total. The number of nitrogens with zero attached hydrogens (tertiary/aromatic N) is 1. The third kappa shape index (κ3) is 7.92. The lowest BCUT2D eigenvalue weighted by Gasteiger charge is -2.05. The molecule has 0 aliphatic rings. The third-order valence-corrected chi connectivity index (χ3v) is 1.27. The molecular formula is C7H16NO. The average Bonchev–Trinajstić information content (AvgIpc) is 1.80. The van der Waals surface area contributed by atoms with Gasteiger partial charge in [0, 0.05) is 13.6 Å². The van der Waals surface area contributed by atoms with Gasteiger partial charge in [-0.05, 0) is 6.42 Å². The number of hydrogen-bond donors (Lipinski definition) is 1. The van der Waals surface area contributed by atoms with E-state index in [2.05, 4.69) is 14.0 Å². The van der Waals surface area contributed by atoms with Gasteiger partial charge in [0.2, 0.25) is 0 Å². The average molecular weight is 130 g/mol. The first-order valence-electron chi connectivity index (χ1n) is 3.54. The van der Waals surface area contributed by atoms with Gasteiger partial charge in [0.05, 0.1) is 0 Å². The van der Waals surface area contributed by atoms with Crippen molar-refractivity contribution in [1.82, 2.24) is 5.06 Å². The monoisotopic (exact) mass is 130 g/mol. The highest BCUT2D eigenvalue weighted by Gasteiger charge is 1.90. The van der Waals surface area contributed by atoms with E-state index < -0.39 is 0 Å². The summed E-state index contributed by atoms with van der Waals surface area (Å²) in [6, 6.07) is 0. The molecule has 0 saturated carbocycles. The Labute approximate surface area is 57.4 Å². The van der Waals surface area contributed by atoms with E-state index >= 15 is 0 Å². The van der Waals surface area contributed by atoms with E-state index in [-0.39, 0.29) is 0 Å². The molecule has 0 saturated heterocycles. The Bertz CT molecular complexity index is 54.9. The van der Waals surface area contributed by atoms with E-state index in [0.717, 1.165) is 11.5 Å². The van der Waals surface area contributed by atoms with Crippen LogP contribution in [-0.2, 0) is 0 Å². The molecule has 0 aromatic rings. The van der Waals surface area contributed by atoms with Crippen LogP contribution in [0.2, 0.25) is 0 Å². The summed E-state index contributed by atoms with van der Waals surface area (Å²) in [6.07, 6.45) is 4.74. The van der Waals surface area contributed by atoms with Gasteiger partial charge in [0.15, 0.2) is 0 Å². The molecule has 0 spiro atoms. The van der Waals surface area contributed by atoms with E-state index in [0.29, 0.717) is 6.54 Å². The van der Waals surface area contributed by atoms with Gasteiger partial charge in [-0.3, -0.25) is 0 Å². The van der Waals surface area contributed by atoms with Crippen molar-refractivity contribution in [1.29, 1.82) is 0 Å². The summed E-state index contributed by atoms with van der Waals surface area (Å²) < 4.78 is 0. The van der Waals surface area contributed by atoms with Gasteiger partial charge in [0.25, 0.3) is 0 Å². The maximum Gasteiger partial charge on any atom is 0.0389 e. The van der Waals surface area contributed by atoms with Crippen LogP contribution in [0.3, 0.4) is 0 Å². The second kappa shape index (κ2) is 6.05. The predicted octanol–water partition coefficient (Wildman–Crippen LogP) is 2.05. The minimum absolute atomic E-state index is 0.694. The Kier molecular flexibility index (Phi) is 5.99. The van der Waals surface area contributed by atoms with Gasteiger partial charge < -0.3 is 5.21 Å². The van der Waals surface area contributed by atoms with E-state index in [1.807, 2.05) is 0 Å². The second-order valence-electron chi connectivity index (χ2n) is 2.29. The maximum atomic E-state index is 8.57. The number of unbranched alkanes of at least 4 members (excludes halogenated alkanes) is 3. The molecule has 0 atom stereocenters. The van der Waals surface area contributed by atoms with Crippen LogP contribution in [0, 0.1) is 7.05 Å². The van der Waals surface area contributed by atoms with Gasteiger partial charge in [-0.2, -0.15) is 5.06 Å². The van der Waals surface area contributed by atoms with Crippen molar-refractivity contribution in [2.24, 2.45) is 0 Å². The zero-order valence-electron chi connectivity index (χ0n) is 6.14. The van der Waals surface area contributed by atoms with Crippen LogP contribution in [0.25, 0.3) is 0 Å². The zero-order chi connectivity index (χ0) is 7.11. The highest BCUT2D eigenvalue weighted by molar-refractivity contribution is 4.43. The molecule has 2 nitrogen and oxygen atoms in total. The summed E-state index contributed by atoms with van der Waals surface area (Å²) >= 11 is 0. The Morgan fingerprint density at radius 3 is 2.44 bits per heavy atom. The number of hydroxylamine groups is 2. The minimum atomic E-state index is 0.694. The highest BCUT2D eigenvalue weighted by Crippen LogP contribution is 1.98. The smallest absolute Gasteiger partial charge is 0.0389 e. The van der Waals surface area contributed by atoms with E-state index in [4.69, 9.17) is 5.21 Å². The first-order chi connectivity index (χ1) is 4.27. The van der Waals surface area contributed by atoms with Gasteiger partial charge >= 0.3 is 0 Å². The molecule has 55 valence electrons. The van der Waals surface area contributed by atoms with Crippen molar-refractivity contribution in [2.45, 2.75) is 32.6 Å². The molecule has 0 bridgehead atoms. The second-order valence-corrected chi connectivity index (χ2v) is 2.29. The summed E-state index contributed by atoms with van der Waals surface area (Å²) in [5, 5.41) is 9.57. The standard InChI is InChI=1S/C7H16NO/c1-3-4-5-6-7-8(2)9/h9H,2-7H2,1H3. The summed E-state index contributed by atoms with van der Waals surface area (Å²) in [5.41, 5.74) is 0. The van der Waals surface area contributed by atoms with Crippen molar-refractivity contribution < 1.29 is 5.21 Å². The Morgan fingerprint density at radius 2 is 2.00 bits per heavy atom. The fourth-order valence-electron chi connectivity index (χ4n) is 0.721. The van der Waals surface area contributed by atoms with E-state index in [1.165, 1.54) is 19.3 Å². The minimum Gasteiger partial charge on any atom is -0.314 e. The molecule has 0 aliphatic carbocycles. The topological polar surface area (TPSA) is 23.5 Å². The van der Waals surface area contributed by atoms with Gasteiger partial charge in [0.1, 0.15) is 0 Å². The SMILES string of the molecule is [CH2]N(O)CCCCCC. The molecule has 0 fully saturated rings. The van der Waals surface area contributed by atoms with Gasteiger partial charge in [-0.15, -0.1) is 0 Å². The van der Waals surface area contributed by atoms with Gasteiger partial charge in [-0.25, -0.2) is 0 Å². The van der Waals surface area contributed by atoms with Crippen molar-refractivity contribution >= 4 is 0 Å². The molecule has 0 aromatic heterocycles. The fourth-order valence-corrected chi connectivity index (χ4v) is 0.721. The van der Waals surface area contributed by atoms with Crippen molar-refractivity contribution in [3.05, 3.63) is 7.05 Å². The Balaban J connectivity index is 2.75. The Morgan fingerprint density at radius 1 is 1.33 bits per heavy atom. The molecule has 0 aliphatic heterocycles. The highest BCUT2D eigenvalue weighted by atomic mass is 16.5. The van der Waals surface area contributed by atoms with Crippen LogP contribution in [0.5, 0.6) is 0 Å². The lowest BCUT2D eigenvalue weighted by Crippen LogP contribution is -2.10. The molecule has 1 radical (unpaired) electrons. The third-order valence-electron chi connectivity index (χ3n) is 1.27. The summed E-state index contributed by atoms with van der Waals surface area (Å²) in [7, 11) is 3.32. The summed E-state index contributed by atoms with van der Waals surface area (Å²) in [6.45, 7) is 2.86. The molecule has 0 unspecified atom stereocenters. The van der Waals surface area contributed by atoms with Crippen LogP contribution >= 0.6 is 0 Å². The number of rotatable bonds is 5. The van der Waals surface area contributed by atoms with E-state index in [1.54, 1.807) is 0 Å². The molecule has 0 amide bonds. The molecule has 0 aromatic carbocycles. The first-order valence-corrected chi connectivity index (χ1v) is 3.54. The van der Waals surface area contributed by atoms with Crippen LogP contribution in [0.1, 0.15) is 32.6 Å². The van der Waals surface area contributed by atoms with Crippen LogP contribution < -0.4 is 0 Å². The molecule has 0 heterocycles. The normalized spacial score (nSPS) is 10.7. The van der Waals surface area contributed by atoms with Crippen molar-refractivity contribution in [3.63, 3.8) is 0 Å². The van der Waals surface area contributed by atoms with Crippen molar-refractivity contribution in [2.75, 3.05) is 6.54 Å². The van der Waals surface area contributed by atoms with Crippen LogP contribution in [0.15, 0.2) is 0 Å². The summed E-state index contributed by atoms with van der Waals surface area (Å²) in [4.78, 5) is 0. The lowest BCUT2D eigenvalue weighted by molar-refractivity contribution is -0.0456. The van der Waals surface area contributed by atoms with Gasteiger partial charge in [-0.1, -0.05) is 26.2 Å². The molecular weight excluding hydrogens is 114 g/mol. The lowest BCUT2D eigenvalue weighted by atomic mass is 10.2. The quantitative estimate of drug-likeness (QED) is 0.455. The molecule has 0 rings (SSSR count). The fraction of sp³-hybridized carbons (Fsp3) is 0.857. The first kappa shape index (κ1) is 8.92. The van der Waals surface area contributed by atoms with E-state index in [9.17, 15) is 0 Å². The largest absolute Gasteiger partial charge is 0.314 e. The number of hydrogen-bond acceptors (Lipinski definition) is 2. The molecule has 2 heteroatoms. The maximum absolute atomic E-state index is 8.57.